The Balaban J connectivity index is 1.74. The highest BCUT2D eigenvalue weighted by atomic mass is 19.1. The number of urea groups is 1. The molecule has 1 saturated carbocycles. The van der Waals surface area contributed by atoms with Crippen molar-refractivity contribution < 1.29 is 14.0 Å². The van der Waals surface area contributed by atoms with E-state index in [1.807, 2.05) is 6.92 Å². The van der Waals surface area contributed by atoms with Crippen molar-refractivity contribution in [1.82, 2.24) is 20.6 Å². The Kier molecular flexibility index (Phi) is 3.67. The molecule has 0 aromatic carbocycles. The van der Waals surface area contributed by atoms with Crippen LogP contribution in [-0.4, -0.2) is 34.0 Å². The Hall–Kier alpha value is -2.25. The second-order valence-electron chi connectivity index (χ2n) is 5.69. The van der Waals surface area contributed by atoms with Crippen molar-refractivity contribution >= 4 is 17.8 Å². The third-order valence-electron chi connectivity index (χ3n) is 4.50. The Morgan fingerprint density at radius 2 is 2.27 bits per heavy atom. The number of anilines is 1. The summed E-state index contributed by atoms with van der Waals surface area (Å²) in [7, 11) is 0. The number of hydrogen-bond donors (Lipinski definition) is 3. The summed E-state index contributed by atoms with van der Waals surface area (Å²) >= 11 is 0. The minimum Gasteiger partial charge on any atom is -0.367 e. The summed E-state index contributed by atoms with van der Waals surface area (Å²) in [6, 6.07) is -0.460. The van der Waals surface area contributed by atoms with Gasteiger partial charge in [-0.2, -0.15) is 0 Å². The van der Waals surface area contributed by atoms with E-state index in [-0.39, 0.29) is 17.6 Å². The number of aromatic nitrogens is 2. The second-order valence-corrected chi connectivity index (χ2v) is 5.69. The molecule has 3 amide bonds. The van der Waals surface area contributed by atoms with Crippen molar-refractivity contribution in [1.29, 1.82) is 0 Å². The zero-order valence-corrected chi connectivity index (χ0v) is 12.3. The summed E-state index contributed by atoms with van der Waals surface area (Å²) in [6.45, 7) is 2.18. The van der Waals surface area contributed by atoms with E-state index in [4.69, 9.17) is 0 Å². The van der Waals surface area contributed by atoms with Gasteiger partial charge in [-0.15, -0.1) is 0 Å². The van der Waals surface area contributed by atoms with Gasteiger partial charge in [-0.3, -0.25) is 10.1 Å². The first-order valence-corrected chi connectivity index (χ1v) is 7.43. The predicted molar refractivity (Wildman–Crippen MR) is 76.6 cm³/mol. The fraction of sp³-hybridized carbons (Fsp3) is 0.571. The smallest absolute Gasteiger partial charge is 0.322 e. The first kappa shape index (κ1) is 14.7. The van der Waals surface area contributed by atoms with E-state index < -0.39 is 17.4 Å². The Bertz CT molecular complexity index is 623. The number of nitrogens with one attached hydrogen (secondary N) is 3. The molecule has 1 aliphatic carbocycles. The molecule has 1 aromatic heterocycles. The molecule has 2 fully saturated rings. The number of hydrogen-bond acceptors (Lipinski definition) is 5. The van der Waals surface area contributed by atoms with Gasteiger partial charge < -0.3 is 10.6 Å². The van der Waals surface area contributed by atoms with Crippen LogP contribution < -0.4 is 16.0 Å². The van der Waals surface area contributed by atoms with E-state index in [0.717, 1.165) is 12.8 Å². The number of halogens is 1. The third-order valence-corrected chi connectivity index (χ3v) is 4.50. The van der Waals surface area contributed by atoms with Crippen LogP contribution in [0.2, 0.25) is 0 Å². The third kappa shape index (κ3) is 2.28. The van der Waals surface area contributed by atoms with Crippen LogP contribution in [0, 0.1) is 11.7 Å². The average Bonchev–Trinajstić information content (AvgIpc) is 3.02. The van der Waals surface area contributed by atoms with Gasteiger partial charge in [-0.1, -0.05) is 13.3 Å². The SMILES string of the molecule is CCc1ncnc(NC[C@H]2CCC[C@@]23NC(=O)NC3=O)c1F. The molecule has 8 heteroatoms. The van der Waals surface area contributed by atoms with E-state index in [2.05, 4.69) is 25.9 Å². The molecular formula is C14H18FN5O2. The van der Waals surface area contributed by atoms with Crippen LogP contribution in [0.1, 0.15) is 31.9 Å². The number of imide groups is 1. The fourth-order valence-electron chi connectivity index (χ4n) is 3.32. The zero-order chi connectivity index (χ0) is 15.7. The Morgan fingerprint density at radius 1 is 1.45 bits per heavy atom. The topological polar surface area (TPSA) is 96.0 Å². The highest BCUT2D eigenvalue weighted by Gasteiger charge is 2.54. The number of aryl methyl sites for hydroxylation is 1. The number of carbonyl (C=O) groups is 2. The number of rotatable bonds is 4. The van der Waals surface area contributed by atoms with Gasteiger partial charge in [-0.05, 0) is 19.3 Å². The van der Waals surface area contributed by atoms with Crippen LogP contribution in [-0.2, 0) is 11.2 Å². The summed E-state index contributed by atoms with van der Waals surface area (Å²) in [6.07, 6.45) is 4.03. The van der Waals surface area contributed by atoms with Gasteiger partial charge in [0.15, 0.2) is 11.6 Å². The first-order chi connectivity index (χ1) is 10.6. The zero-order valence-electron chi connectivity index (χ0n) is 12.3. The lowest BCUT2D eigenvalue weighted by Crippen LogP contribution is -2.51. The molecule has 118 valence electrons. The molecular weight excluding hydrogens is 289 g/mol. The van der Waals surface area contributed by atoms with Crippen molar-refractivity contribution in [2.45, 2.75) is 38.1 Å². The van der Waals surface area contributed by atoms with Crippen LogP contribution in [0.5, 0.6) is 0 Å². The molecule has 2 heterocycles. The molecule has 3 rings (SSSR count). The normalized spacial score (nSPS) is 27.1. The van der Waals surface area contributed by atoms with Gasteiger partial charge in [0, 0.05) is 12.5 Å². The molecule has 2 aliphatic rings. The summed E-state index contributed by atoms with van der Waals surface area (Å²) in [5.41, 5.74) is -0.521. The van der Waals surface area contributed by atoms with Crippen LogP contribution in [0.3, 0.4) is 0 Å². The van der Waals surface area contributed by atoms with Crippen molar-refractivity contribution in [2.75, 3.05) is 11.9 Å². The van der Waals surface area contributed by atoms with E-state index >= 15 is 0 Å². The quantitative estimate of drug-likeness (QED) is 0.720. The van der Waals surface area contributed by atoms with Crippen LogP contribution in [0.25, 0.3) is 0 Å². The summed E-state index contributed by atoms with van der Waals surface area (Å²) in [4.78, 5) is 31.3. The van der Waals surface area contributed by atoms with Gasteiger partial charge in [0.1, 0.15) is 11.9 Å². The monoisotopic (exact) mass is 307 g/mol. The largest absolute Gasteiger partial charge is 0.367 e. The van der Waals surface area contributed by atoms with Crippen LogP contribution in [0.4, 0.5) is 15.0 Å². The summed E-state index contributed by atoms with van der Waals surface area (Å²) in [5.74, 6) is -0.715. The van der Waals surface area contributed by atoms with Crippen LogP contribution >= 0.6 is 0 Å². The number of carbonyl (C=O) groups excluding carboxylic acids is 2. The number of amides is 3. The molecule has 1 saturated heterocycles. The highest BCUT2D eigenvalue weighted by Crippen LogP contribution is 2.38. The Morgan fingerprint density at radius 3 is 2.95 bits per heavy atom. The second kappa shape index (κ2) is 5.51. The highest BCUT2D eigenvalue weighted by molar-refractivity contribution is 6.07. The molecule has 0 radical (unpaired) electrons. The van der Waals surface area contributed by atoms with Crippen molar-refractivity contribution in [2.24, 2.45) is 5.92 Å². The van der Waals surface area contributed by atoms with Gasteiger partial charge in [0.25, 0.3) is 5.91 Å². The summed E-state index contributed by atoms with van der Waals surface area (Å²) in [5, 5.41) is 7.99. The molecule has 2 atom stereocenters. The Labute approximate surface area is 127 Å². The van der Waals surface area contributed by atoms with E-state index in [1.54, 1.807) is 0 Å². The minimum absolute atomic E-state index is 0.0987. The van der Waals surface area contributed by atoms with Crippen molar-refractivity contribution in [3.8, 4) is 0 Å². The maximum atomic E-state index is 14.1. The minimum atomic E-state index is -0.874. The van der Waals surface area contributed by atoms with Gasteiger partial charge in [-0.25, -0.2) is 19.2 Å². The average molecular weight is 307 g/mol. The first-order valence-electron chi connectivity index (χ1n) is 7.43. The van der Waals surface area contributed by atoms with E-state index in [9.17, 15) is 14.0 Å². The molecule has 0 unspecified atom stereocenters. The molecule has 3 N–H and O–H groups in total. The van der Waals surface area contributed by atoms with Gasteiger partial charge in [0.05, 0.1) is 5.69 Å². The lowest BCUT2D eigenvalue weighted by molar-refractivity contribution is -0.125. The maximum absolute atomic E-state index is 14.1. The lowest BCUT2D eigenvalue weighted by Gasteiger charge is -2.28. The van der Waals surface area contributed by atoms with E-state index in [1.165, 1.54) is 6.33 Å². The maximum Gasteiger partial charge on any atom is 0.322 e. The molecule has 7 nitrogen and oxygen atoms in total. The van der Waals surface area contributed by atoms with Gasteiger partial charge >= 0.3 is 6.03 Å². The summed E-state index contributed by atoms with van der Waals surface area (Å²) < 4.78 is 14.1. The molecule has 0 bridgehead atoms. The van der Waals surface area contributed by atoms with Gasteiger partial charge in [0.2, 0.25) is 0 Å². The molecule has 1 spiro atoms. The fourth-order valence-corrected chi connectivity index (χ4v) is 3.32. The molecule has 1 aliphatic heterocycles. The standard InChI is InChI=1S/C14H18FN5O2/c1-2-9-10(15)11(18-7-17-9)16-6-8-4-3-5-14(8)12(21)19-13(22)20-14/h7-8H,2-6H2,1H3,(H,16,17,18)(H2,19,20,21,22)/t8-,14-/m1/s1. The van der Waals surface area contributed by atoms with Crippen molar-refractivity contribution in [3.05, 3.63) is 17.8 Å². The van der Waals surface area contributed by atoms with Crippen molar-refractivity contribution in [3.63, 3.8) is 0 Å². The predicted octanol–water partition coefficient (Wildman–Crippen LogP) is 0.968. The molecule has 22 heavy (non-hydrogen) atoms. The number of nitrogens with zero attached hydrogens (tertiary/aromatic N) is 2. The van der Waals surface area contributed by atoms with E-state index in [0.29, 0.717) is 25.1 Å². The lowest BCUT2D eigenvalue weighted by atomic mass is 9.87. The molecule has 1 aromatic rings. The van der Waals surface area contributed by atoms with Crippen LogP contribution in [0.15, 0.2) is 6.33 Å².